The van der Waals surface area contributed by atoms with Crippen molar-refractivity contribution in [1.29, 1.82) is 0 Å². The molecule has 0 aliphatic heterocycles. The zero-order valence-electron chi connectivity index (χ0n) is 9.79. The lowest BCUT2D eigenvalue weighted by atomic mass is 10.3. The molecule has 4 N–H and O–H groups in total. The van der Waals surface area contributed by atoms with Gasteiger partial charge in [0.2, 0.25) is 0 Å². The maximum absolute atomic E-state index is 11.8. The molecular formula is C10H13N7O. The van der Waals surface area contributed by atoms with Crippen LogP contribution in [0.2, 0.25) is 0 Å². The summed E-state index contributed by atoms with van der Waals surface area (Å²) in [6, 6.07) is 0. The van der Waals surface area contributed by atoms with Crippen LogP contribution in [0.4, 0.5) is 5.82 Å². The Balaban J connectivity index is 1.99. The molecule has 2 heterocycles. The van der Waals surface area contributed by atoms with E-state index in [2.05, 4.69) is 25.8 Å². The fraction of sp³-hybridized carbons (Fsp3) is 0.200. The average Bonchev–Trinajstić information content (AvgIpc) is 2.82. The monoisotopic (exact) mass is 247 g/mol. The van der Waals surface area contributed by atoms with Gasteiger partial charge in [-0.1, -0.05) is 0 Å². The van der Waals surface area contributed by atoms with E-state index in [1.165, 1.54) is 12.4 Å². The smallest absolute Gasteiger partial charge is 0.271 e. The SMILES string of the molecule is Cn1cc(CNC(=O)c2cncc(NN)n2)cn1. The maximum Gasteiger partial charge on any atom is 0.271 e. The van der Waals surface area contributed by atoms with Crippen LogP contribution >= 0.6 is 0 Å². The molecule has 0 radical (unpaired) electrons. The molecule has 0 saturated heterocycles. The van der Waals surface area contributed by atoms with Gasteiger partial charge in [-0.3, -0.25) is 14.5 Å². The Bertz CT molecular complexity index is 551. The molecule has 0 aliphatic rings. The number of nitrogen functional groups attached to an aromatic ring is 1. The van der Waals surface area contributed by atoms with Crippen LogP contribution in [-0.4, -0.2) is 25.7 Å². The van der Waals surface area contributed by atoms with E-state index in [1.54, 1.807) is 10.9 Å². The van der Waals surface area contributed by atoms with Gasteiger partial charge >= 0.3 is 0 Å². The highest BCUT2D eigenvalue weighted by molar-refractivity contribution is 5.92. The van der Waals surface area contributed by atoms with Crippen molar-refractivity contribution in [2.45, 2.75) is 6.54 Å². The predicted molar refractivity (Wildman–Crippen MR) is 64.2 cm³/mol. The summed E-state index contributed by atoms with van der Waals surface area (Å²) in [5.74, 6) is 5.21. The van der Waals surface area contributed by atoms with Crippen LogP contribution in [0, 0.1) is 0 Å². The van der Waals surface area contributed by atoms with Crippen LogP contribution in [0.1, 0.15) is 16.1 Å². The fourth-order valence-corrected chi connectivity index (χ4v) is 1.38. The topological polar surface area (TPSA) is 111 Å². The number of hydrazine groups is 1. The number of anilines is 1. The average molecular weight is 247 g/mol. The molecule has 2 aromatic rings. The molecule has 8 heteroatoms. The van der Waals surface area contributed by atoms with E-state index in [0.29, 0.717) is 12.4 Å². The number of carbonyl (C=O) groups is 1. The van der Waals surface area contributed by atoms with Gasteiger partial charge < -0.3 is 10.7 Å². The third kappa shape index (κ3) is 2.80. The van der Waals surface area contributed by atoms with Crippen molar-refractivity contribution in [2.24, 2.45) is 12.9 Å². The molecule has 1 amide bonds. The number of aryl methyl sites for hydroxylation is 1. The van der Waals surface area contributed by atoms with Crippen LogP contribution in [0.5, 0.6) is 0 Å². The summed E-state index contributed by atoms with van der Waals surface area (Å²) in [6.45, 7) is 0.384. The van der Waals surface area contributed by atoms with Gasteiger partial charge in [0.1, 0.15) is 5.69 Å². The number of nitrogens with one attached hydrogen (secondary N) is 2. The summed E-state index contributed by atoms with van der Waals surface area (Å²) < 4.78 is 1.67. The van der Waals surface area contributed by atoms with Crippen LogP contribution in [-0.2, 0) is 13.6 Å². The summed E-state index contributed by atoms with van der Waals surface area (Å²) in [5.41, 5.74) is 3.44. The minimum absolute atomic E-state index is 0.203. The molecule has 94 valence electrons. The van der Waals surface area contributed by atoms with Gasteiger partial charge in [-0.2, -0.15) is 5.10 Å². The predicted octanol–water partition coefficient (Wildman–Crippen LogP) is -0.574. The van der Waals surface area contributed by atoms with Crippen molar-refractivity contribution in [3.8, 4) is 0 Å². The van der Waals surface area contributed by atoms with Gasteiger partial charge in [-0.25, -0.2) is 10.8 Å². The highest BCUT2D eigenvalue weighted by Gasteiger charge is 2.08. The van der Waals surface area contributed by atoms with Crippen LogP contribution in [0.15, 0.2) is 24.8 Å². The third-order valence-electron chi connectivity index (χ3n) is 2.23. The molecule has 2 rings (SSSR count). The third-order valence-corrected chi connectivity index (χ3v) is 2.23. The van der Waals surface area contributed by atoms with E-state index >= 15 is 0 Å². The fourth-order valence-electron chi connectivity index (χ4n) is 1.38. The maximum atomic E-state index is 11.8. The number of aromatic nitrogens is 4. The second kappa shape index (κ2) is 5.23. The Kier molecular flexibility index (Phi) is 3.49. The van der Waals surface area contributed by atoms with E-state index in [1.807, 2.05) is 13.2 Å². The minimum Gasteiger partial charge on any atom is -0.346 e. The molecular weight excluding hydrogens is 234 g/mol. The van der Waals surface area contributed by atoms with Gasteiger partial charge in [0, 0.05) is 25.4 Å². The van der Waals surface area contributed by atoms with E-state index in [9.17, 15) is 4.79 Å². The number of amides is 1. The standard InChI is InChI=1S/C10H13N7O/c1-17-6-7(3-14-17)2-13-10(18)8-4-12-5-9(15-8)16-11/h3-6H,2,11H2,1H3,(H,13,18)(H,15,16). The molecule has 2 aromatic heterocycles. The van der Waals surface area contributed by atoms with Crippen molar-refractivity contribution in [1.82, 2.24) is 25.1 Å². The van der Waals surface area contributed by atoms with Crippen LogP contribution in [0.25, 0.3) is 0 Å². The van der Waals surface area contributed by atoms with Crippen LogP contribution in [0.3, 0.4) is 0 Å². The minimum atomic E-state index is -0.316. The Hall–Kier alpha value is -2.48. The van der Waals surface area contributed by atoms with Crippen molar-refractivity contribution in [3.05, 3.63) is 36.0 Å². The zero-order valence-corrected chi connectivity index (χ0v) is 9.79. The lowest BCUT2D eigenvalue weighted by molar-refractivity contribution is 0.0945. The highest BCUT2D eigenvalue weighted by atomic mass is 16.1. The number of nitrogens with zero attached hydrogens (tertiary/aromatic N) is 4. The van der Waals surface area contributed by atoms with E-state index in [4.69, 9.17) is 5.84 Å². The summed E-state index contributed by atoms with van der Waals surface area (Å²) in [4.78, 5) is 19.6. The number of hydrogen-bond acceptors (Lipinski definition) is 6. The van der Waals surface area contributed by atoms with Crippen molar-refractivity contribution < 1.29 is 4.79 Å². The van der Waals surface area contributed by atoms with Gasteiger partial charge in [-0.15, -0.1) is 0 Å². The molecule has 0 fully saturated rings. The molecule has 0 atom stereocenters. The van der Waals surface area contributed by atoms with Crippen molar-refractivity contribution in [3.63, 3.8) is 0 Å². The number of rotatable bonds is 4. The van der Waals surface area contributed by atoms with Crippen LogP contribution < -0.4 is 16.6 Å². The normalized spacial score (nSPS) is 10.1. The summed E-state index contributed by atoms with van der Waals surface area (Å²) in [6.07, 6.45) is 6.31. The summed E-state index contributed by atoms with van der Waals surface area (Å²) in [5, 5.41) is 6.72. The molecule has 0 saturated carbocycles. The molecule has 8 nitrogen and oxygen atoms in total. The molecule has 0 aliphatic carbocycles. The Morgan fingerprint density at radius 3 is 2.94 bits per heavy atom. The molecule has 0 bridgehead atoms. The Morgan fingerprint density at radius 2 is 2.28 bits per heavy atom. The lowest BCUT2D eigenvalue weighted by Crippen LogP contribution is -2.24. The zero-order chi connectivity index (χ0) is 13.0. The van der Waals surface area contributed by atoms with E-state index < -0.39 is 0 Å². The Labute approximate surface area is 103 Å². The van der Waals surface area contributed by atoms with E-state index in [0.717, 1.165) is 5.56 Å². The second-order valence-corrected chi connectivity index (χ2v) is 3.64. The molecule has 0 aromatic carbocycles. The number of nitrogens with two attached hydrogens (primary N) is 1. The summed E-state index contributed by atoms with van der Waals surface area (Å²) in [7, 11) is 1.81. The highest BCUT2D eigenvalue weighted by Crippen LogP contribution is 2.01. The lowest BCUT2D eigenvalue weighted by Gasteiger charge is -2.04. The van der Waals surface area contributed by atoms with Gasteiger partial charge in [-0.05, 0) is 0 Å². The second-order valence-electron chi connectivity index (χ2n) is 3.64. The number of carbonyl (C=O) groups excluding carboxylic acids is 1. The van der Waals surface area contributed by atoms with E-state index in [-0.39, 0.29) is 11.6 Å². The quantitative estimate of drug-likeness (QED) is 0.492. The largest absolute Gasteiger partial charge is 0.346 e. The van der Waals surface area contributed by atoms with Gasteiger partial charge in [0.25, 0.3) is 5.91 Å². The molecule has 18 heavy (non-hydrogen) atoms. The van der Waals surface area contributed by atoms with Gasteiger partial charge in [0.05, 0.1) is 18.6 Å². The Morgan fingerprint density at radius 1 is 1.44 bits per heavy atom. The van der Waals surface area contributed by atoms with Crippen molar-refractivity contribution in [2.75, 3.05) is 5.43 Å². The first kappa shape index (κ1) is 12.0. The van der Waals surface area contributed by atoms with Crippen molar-refractivity contribution >= 4 is 11.7 Å². The van der Waals surface area contributed by atoms with Gasteiger partial charge in [0.15, 0.2) is 5.82 Å². The first-order chi connectivity index (χ1) is 8.69. The molecule has 0 spiro atoms. The first-order valence-electron chi connectivity index (χ1n) is 5.23. The number of hydrogen-bond donors (Lipinski definition) is 3. The molecule has 0 unspecified atom stereocenters. The summed E-state index contributed by atoms with van der Waals surface area (Å²) >= 11 is 0. The first-order valence-corrected chi connectivity index (χ1v) is 5.23.